The first kappa shape index (κ1) is 71.4. The number of allylic oxidation sites excluding steroid dienone is 19. The first-order valence-corrected chi connectivity index (χ1v) is 31.4. The molecule has 428 valence electrons. The standard InChI is InChI=1S/C65H111N2O7P/c1-7-10-13-16-19-22-25-27-29-30-31-32-33-34-35-36-38-40-43-46-49-52-55-58-65(69)74-63(56-53-50-47-44-41-24-21-18-15-12-9-3)62(61-73-75(70,71)72-60-59-67(4,5)6)66-64(68)57-54-51-48-45-42-39-37-28-26-23-20-17-14-11-8-2/h10-11,13-14,17,19-20,22-23,26-27,29,31-32,34-35,38,40,53,56,62-63H,7-9,12,15-16,18,21,24-25,28,30,33,36-37,39,41-52,54-55,57-61H2,1-6H3,(H-,66,68,70,71)/p+1/b13-10-,14-11+,20-17+,22-19-,26-23+,29-27-,32-31-,35-34-,40-38-,56-53-. The van der Waals surface area contributed by atoms with Gasteiger partial charge in [0.15, 0.2) is 0 Å². The van der Waals surface area contributed by atoms with Gasteiger partial charge in [0, 0.05) is 12.8 Å². The van der Waals surface area contributed by atoms with Gasteiger partial charge in [0.25, 0.3) is 0 Å². The number of amides is 1. The van der Waals surface area contributed by atoms with Crippen molar-refractivity contribution in [3.63, 3.8) is 0 Å². The maximum atomic E-state index is 13.5. The molecule has 0 radical (unpaired) electrons. The molecule has 0 saturated carbocycles. The molecule has 0 aromatic heterocycles. The Bertz CT molecular complexity index is 1700. The van der Waals surface area contributed by atoms with Crippen LogP contribution < -0.4 is 5.32 Å². The molecule has 0 aliphatic carbocycles. The topological polar surface area (TPSA) is 111 Å². The van der Waals surface area contributed by atoms with Crippen LogP contribution in [0, 0.1) is 0 Å². The van der Waals surface area contributed by atoms with Crippen LogP contribution in [0.15, 0.2) is 122 Å². The van der Waals surface area contributed by atoms with E-state index in [9.17, 15) is 19.0 Å². The molecule has 10 heteroatoms. The zero-order chi connectivity index (χ0) is 55.0. The van der Waals surface area contributed by atoms with E-state index in [0.29, 0.717) is 23.9 Å². The number of ether oxygens (including phenoxy) is 1. The zero-order valence-electron chi connectivity index (χ0n) is 48.7. The van der Waals surface area contributed by atoms with Crippen LogP contribution in [-0.4, -0.2) is 74.3 Å². The number of rotatable bonds is 52. The molecule has 0 spiro atoms. The monoisotopic (exact) mass is 1060 g/mol. The number of carbonyl (C=O) groups is 2. The van der Waals surface area contributed by atoms with Gasteiger partial charge in [-0.2, -0.15) is 0 Å². The predicted molar refractivity (Wildman–Crippen MR) is 323 cm³/mol. The van der Waals surface area contributed by atoms with E-state index >= 15 is 0 Å². The minimum absolute atomic E-state index is 0.0264. The van der Waals surface area contributed by atoms with Gasteiger partial charge in [-0.05, 0) is 102 Å². The highest BCUT2D eigenvalue weighted by molar-refractivity contribution is 7.47. The van der Waals surface area contributed by atoms with Gasteiger partial charge in [0.2, 0.25) is 5.91 Å². The van der Waals surface area contributed by atoms with Gasteiger partial charge in [-0.3, -0.25) is 18.6 Å². The van der Waals surface area contributed by atoms with Crippen molar-refractivity contribution in [2.75, 3.05) is 40.9 Å². The number of phosphoric acid groups is 1. The summed E-state index contributed by atoms with van der Waals surface area (Å²) in [7, 11) is 1.45. The number of hydrogen-bond donors (Lipinski definition) is 2. The lowest BCUT2D eigenvalue weighted by atomic mass is 10.1. The summed E-state index contributed by atoms with van der Waals surface area (Å²) in [5, 5.41) is 3.03. The third-order valence-electron chi connectivity index (χ3n) is 12.5. The maximum absolute atomic E-state index is 13.5. The molecule has 9 nitrogen and oxygen atoms in total. The lowest BCUT2D eigenvalue weighted by molar-refractivity contribution is -0.870. The Hall–Kier alpha value is -3.59. The van der Waals surface area contributed by atoms with Crippen molar-refractivity contribution >= 4 is 19.7 Å². The minimum Gasteiger partial charge on any atom is -0.456 e. The normalized spacial score (nSPS) is 14.6. The Morgan fingerprint density at radius 3 is 1.43 bits per heavy atom. The maximum Gasteiger partial charge on any atom is 0.472 e. The van der Waals surface area contributed by atoms with E-state index in [1.807, 2.05) is 33.3 Å². The van der Waals surface area contributed by atoms with Crippen LogP contribution in [0.5, 0.6) is 0 Å². The van der Waals surface area contributed by atoms with Crippen molar-refractivity contribution in [3.8, 4) is 0 Å². The summed E-state index contributed by atoms with van der Waals surface area (Å²) in [6, 6.07) is -0.873. The number of unbranched alkanes of at least 4 members (excludes halogenated alkanes) is 20. The molecule has 1 amide bonds. The minimum atomic E-state index is -4.46. The van der Waals surface area contributed by atoms with E-state index in [4.69, 9.17) is 13.8 Å². The van der Waals surface area contributed by atoms with E-state index in [-0.39, 0.29) is 31.5 Å². The number of carbonyl (C=O) groups excluding carboxylic acids is 2. The van der Waals surface area contributed by atoms with Crippen LogP contribution in [0.2, 0.25) is 0 Å². The fraction of sp³-hybridized carbons (Fsp3) is 0.662. The molecule has 0 saturated heterocycles. The molecule has 0 aromatic rings. The first-order chi connectivity index (χ1) is 36.4. The molecule has 3 atom stereocenters. The lowest BCUT2D eigenvalue weighted by Gasteiger charge is -2.27. The fourth-order valence-corrected chi connectivity index (χ4v) is 8.62. The second-order valence-electron chi connectivity index (χ2n) is 20.8. The Labute approximate surface area is 461 Å². The summed E-state index contributed by atoms with van der Waals surface area (Å²) < 4.78 is 30.6. The summed E-state index contributed by atoms with van der Waals surface area (Å²) in [5.41, 5.74) is 0. The SMILES string of the molecule is CC/C=C\C/C=C\C/C=C\C/C=C\C/C=C\C/C=C\CCCCCCC(=O)OC(/C=C\CCCCCCCCCCC)C(COP(=O)(O)OCC[N+](C)(C)C)NC(=O)CCCCCCCCC/C=C/C=C/C=C/CC. The van der Waals surface area contributed by atoms with Crippen molar-refractivity contribution in [2.24, 2.45) is 0 Å². The Morgan fingerprint density at radius 1 is 0.493 bits per heavy atom. The van der Waals surface area contributed by atoms with Gasteiger partial charge in [0.1, 0.15) is 19.3 Å². The van der Waals surface area contributed by atoms with Gasteiger partial charge in [0.05, 0.1) is 33.8 Å². The smallest absolute Gasteiger partial charge is 0.456 e. The second-order valence-corrected chi connectivity index (χ2v) is 22.3. The second kappa shape index (κ2) is 53.8. The number of likely N-dealkylation sites (N-methyl/N-ethyl adjacent to an activating group) is 1. The zero-order valence-corrected chi connectivity index (χ0v) is 49.6. The number of esters is 1. The van der Waals surface area contributed by atoms with Crippen molar-refractivity contribution in [1.82, 2.24) is 5.32 Å². The average molecular weight is 1060 g/mol. The van der Waals surface area contributed by atoms with E-state index < -0.39 is 20.0 Å². The van der Waals surface area contributed by atoms with Gasteiger partial charge < -0.3 is 19.4 Å². The molecular weight excluding hydrogens is 952 g/mol. The third-order valence-corrected chi connectivity index (χ3v) is 13.4. The van der Waals surface area contributed by atoms with Crippen molar-refractivity contribution in [1.29, 1.82) is 0 Å². The highest BCUT2D eigenvalue weighted by atomic mass is 31.2. The summed E-state index contributed by atoms with van der Waals surface area (Å²) in [6.07, 6.45) is 74.8. The third kappa shape index (κ3) is 55.0. The molecule has 0 rings (SSSR count). The van der Waals surface area contributed by atoms with Crippen LogP contribution in [0.4, 0.5) is 0 Å². The Balaban J connectivity index is 5.30. The highest BCUT2D eigenvalue weighted by Crippen LogP contribution is 2.43. The summed E-state index contributed by atoms with van der Waals surface area (Å²) in [5.74, 6) is -0.559. The lowest BCUT2D eigenvalue weighted by Crippen LogP contribution is -2.47. The molecule has 0 fully saturated rings. The number of hydrogen-bond acceptors (Lipinski definition) is 6. The van der Waals surface area contributed by atoms with Crippen molar-refractivity contribution < 1.29 is 37.3 Å². The molecule has 2 N–H and O–H groups in total. The quantitative estimate of drug-likeness (QED) is 0.0156. The number of phosphoric ester groups is 1. The van der Waals surface area contributed by atoms with Crippen LogP contribution in [-0.2, 0) is 27.9 Å². The van der Waals surface area contributed by atoms with E-state index in [2.05, 4.69) is 135 Å². The largest absolute Gasteiger partial charge is 0.472 e. The molecule has 0 heterocycles. The Morgan fingerprint density at radius 2 is 0.920 bits per heavy atom. The summed E-state index contributed by atoms with van der Waals surface area (Å²) in [6.45, 7) is 6.71. The molecule has 0 bridgehead atoms. The van der Waals surface area contributed by atoms with Crippen LogP contribution in [0.1, 0.15) is 226 Å². The fourth-order valence-electron chi connectivity index (χ4n) is 7.88. The van der Waals surface area contributed by atoms with Gasteiger partial charge in [-0.15, -0.1) is 0 Å². The van der Waals surface area contributed by atoms with Crippen molar-refractivity contribution in [3.05, 3.63) is 122 Å². The molecular formula is C65H112N2O7P+. The first-order valence-electron chi connectivity index (χ1n) is 29.9. The molecule has 0 aliphatic heterocycles. The van der Waals surface area contributed by atoms with Gasteiger partial charge in [-0.25, -0.2) is 4.57 Å². The van der Waals surface area contributed by atoms with Gasteiger partial charge in [-0.1, -0.05) is 233 Å². The Kier molecular flexibility index (Phi) is 51.2. The molecule has 0 aromatic carbocycles. The molecule has 3 unspecified atom stereocenters. The van der Waals surface area contributed by atoms with E-state index in [0.717, 1.165) is 122 Å². The van der Waals surface area contributed by atoms with Crippen LogP contribution in [0.3, 0.4) is 0 Å². The number of nitrogens with one attached hydrogen (secondary N) is 1. The highest BCUT2D eigenvalue weighted by Gasteiger charge is 2.30. The van der Waals surface area contributed by atoms with Crippen LogP contribution in [0.25, 0.3) is 0 Å². The van der Waals surface area contributed by atoms with E-state index in [1.54, 1.807) is 0 Å². The van der Waals surface area contributed by atoms with Crippen LogP contribution >= 0.6 is 7.82 Å². The average Bonchev–Trinajstić information content (AvgIpc) is 3.37. The predicted octanol–water partition coefficient (Wildman–Crippen LogP) is 18.3. The number of nitrogens with zero attached hydrogens (tertiary/aromatic N) is 1. The number of quaternary nitrogens is 1. The van der Waals surface area contributed by atoms with E-state index in [1.165, 1.54) is 64.2 Å². The summed E-state index contributed by atoms with van der Waals surface area (Å²) >= 11 is 0. The van der Waals surface area contributed by atoms with Gasteiger partial charge >= 0.3 is 13.8 Å². The molecule has 75 heavy (non-hydrogen) atoms. The van der Waals surface area contributed by atoms with Crippen molar-refractivity contribution in [2.45, 2.75) is 238 Å². The molecule has 0 aliphatic rings. The summed E-state index contributed by atoms with van der Waals surface area (Å²) in [4.78, 5) is 37.6.